The molecule has 1 aliphatic heterocycles. The van der Waals surface area contributed by atoms with Gasteiger partial charge in [0.05, 0.1) is 12.2 Å². The summed E-state index contributed by atoms with van der Waals surface area (Å²) in [6.07, 6.45) is 4.88. The maximum atomic E-state index is 12.6. The molecule has 144 valence electrons. The summed E-state index contributed by atoms with van der Waals surface area (Å²) in [5.41, 5.74) is 0.576. The molecule has 1 aliphatic rings. The van der Waals surface area contributed by atoms with E-state index in [-0.39, 0.29) is 23.7 Å². The number of rotatable bonds is 6. The lowest BCUT2D eigenvalue weighted by Gasteiger charge is -2.35. The molecule has 3 rings (SSSR count). The third-order valence-electron chi connectivity index (χ3n) is 4.68. The van der Waals surface area contributed by atoms with Crippen LogP contribution in [0.3, 0.4) is 0 Å². The first-order valence-electron chi connectivity index (χ1n) is 9.32. The van der Waals surface area contributed by atoms with E-state index in [0.717, 1.165) is 26.1 Å². The van der Waals surface area contributed by atoms with Crippen molar-refractivity contribution in [3.8, 4) is 12.0 Å². The number of carbonyl (C=O) groups is 1. The Morgan fingerprint density at radius 3 is 2.59 bits per heavy atom. The van der Waals surface area contributed by atoms with Gasteiger partial charge >= 0.3 is 0 Å². The molecule has 0 spiro atoms. The fraction of sp³-hybridized carbons (Fsp3) is 0.500. The number of hydrogen-bond acceptors (Lipinski definition) is 5. The van der Waals surface area contributed by atoms with Gasteiger partial charge in [0, 0.05) is 38.6 Å². The van der Waals surface area contributed by atoms with Crippen molar-refractivity contribution in [2.45, 2.75) is 39.4 Å². The van der Waals surface area contributed by atoms with Gasteiger partial charge in [-0.15, -0.1) is 0 Å². The smallest absolute Gasteiger partial charge is 0.256 e. The van der Waals surface area contributed by atoms with Crippen LogP contribution in [0.1, 0.15) is 41.9 Å². The summed E-state index contributed by atoms with van der Waals surface area (Å²) in [6, 6.07) is 5.79. The molecule has 0 aromatic carbocycles. The lowest BCUT2D eigenvalue weighted by atomic mass is 10.1. The molecule has 0 aliphatic carbocycles. The van der Waals surface area contributed by atoms with Gasteiger partial charge in [0.1, 0.15) is 23.0 Å². The lowest BCUT2D eigenvalue weighted by molar-refractivity contribution is -0.0680. The van der Waals surface area contributed by atoms with Crippen LogP contribution in [0, 0.1) is 18.3 Å². The van der Waals surface area contributed by atoms with Gasteiger partial charge in [-0.05, 0) is 39.3 Å². The number of morpholine rings is 1. The van der Waals surface area contributed by atoms with Crippen molar-refractivity contribution in [3.05, 3.63) is 41.4 Å². The van der Waals surface area contributed by atoms with Crippen molar-refractivity contribution >= 4 is 5.91 Å². The molecule has 1 N–H and O–H groups in total. The second-order valence-corrected chi connectivity index (χ2v) is 7.04. The SMILES string of the molecule is Cc1oc(-n2cccc2)c(C#N)c1C(=O)NCCCN1CC(C)OC(C)C1. The Kier molecular flexibility index (Phi) is 5.99. The molecule has 2 atom stereocenters. The number of amides is 1. The molecule has 0 radical (unpaired) electrons. The number of aromatic nitrogens is 1. The molecule has 2 unspecified atom stereocenters. The standard InChI is InChI=1S/C20H26N4O3/c1-14-12-23(13-15(2)26-14)8-6-7-22-19(25)18-16(3)27-20(17(18)11-21)24-9-4-5-10-24/h4-5,9-10,14-15H,6-8,12-13H2,1-3H3,(H,22,25). The number of furan rings is 1. The largest absolute Gasteiger partial charge is 0.443 e. The van der Waals surface area contributed by atoms with E-state index in [0.29, 0.717) is 23.8 Å². The number of carbonyl (C=O) groups excluding carboxylic acids is 1. The van der Waals surface area contributed by atoms with Crippen molar-refractivity contribution < 1.29 is 13.9 Å². The maximum absolute atomic E-state index is 12.6. The molecule has 2 aromatic heterocycles. The minimum absolute atomic E-state index is 0.238. The van der Waals surface area contributed by atoms with Crippen molar-refractivity contribution in [2.75, 3.05) is 26.2 Å². The minimum atomic E-state index is -0.269. The highest BCUT2D eigenvalue weighted by molar-refractivity contribution is 5.98. The van der Waals surface area contributed by atoms with E-state index in [1.54, 1.807) is 23.9 Å². The highest BCUT2D eigenvalue weighted by atomic mass is 16.5. The van der Waals surface area contributed by atoms with Crippen LogP contribution < -0.4 is 5.32 Å². The fourth-order valence-electron chi connectivity index (χ4n) is 3.62. The summed E-state index contributed by atoms with van der Waals surface area (Å²) >= 11 is 0. The van der Waals surface area contributed by atoms with Crippen molar-refractivity contribution in [1.82, 2.24) is 14.8 Å². The van der Waals surface area contributed by atoms with E-state index < -0.39 is 0 Å². The highest BCUT2D eigenvalue weighted by Gasteiger charge is 2.25. The quantitative estimate of drug-likeness (QED) is 0.790. The predicted molar refractivity (Wildman–Crippen MR) is 101 cm³/mol. The average Bonchev–Trinajstić information content (AvgIpc) is 3.24. The van der Waals surface area contributed by atoms with Crippen LogP contribution >= 0.6 is 0 Å². The van der Waals surface area contributed by atoms with Crippen LogP contribution in [0.4, 0.5) is 0 Å². The molecule has 1 fully saturated rings. The topological polar surface area (TPSA) is 83.4 Å². The molecule has 7 heteroatoms. The maximum Gasteiger partial charge on any atom is 0.256 e. The molecule has 0 saturated carbocycles. The third-order valence-corrected chi connectivity index (χ3v) is 4.68. The number of nitriles is 1. The van der Waals surface area contributed by atoms with Gasteiger partial charge in [-0.2, -0.15) is 5.26 Å². The summed E-state index contributed by atoms with van der Waals surface area (Å²) in [7, 11) is 0. The summed E-state index contributed by atoms with van der Waals surface area (Å²) < 4.78 is 13.1. The van der Waals surface area contributed by atoms with Gasteiger partial charge in [0.15, 0.2) is 0 Å². The lowest BCUT2D eigenvalue weighted by Crippen LogP contribution is -2.46. The highest BCUT2D eigenvalue weighted by Crippen LogP contribution is 2.25. The van der Waals surface area contributed by atoms with Crippen LogP contribution in [-0.2, 0) is 4.74 Å². The summed E-state index contributed by atoms with van der Waals surface area (Å²) in [5.74, 6) is 0.556. The normalized spacial score (nSPS) is 20.4. The molecular weight excluding hydrogens is 344 g/mol. The Hall–Kier alpha value is -2.56. The van der Waals surface area contributed by atoms with Gasteiger partial charge in [-0.25, -0.2) is 0 Å². The monoisotopic (exact) mass is 370 g/mol. The van der Waals surface area contributed by atoms with E-state index in [4.69, 9.17) is 9.15 Å². The molecule has 27 heavy (non-hydrogen) atoms. The number of nitrogens with one attached hydrogen (secondary N) is 1. The molecule has 1 amide bonds. The van der Waals surface area contributed by atoms with Gasteiger partial charge in [0.2, 0.25) is 5.88 Å². The van der Waals surface area contributed by atoms with Crippen LogP contribution in [0.15, 0.2) is 28.9 Å². The molecular formula is C20H26N4O3. The Morgan fingerprint density at radius 1 is 1.30 bits per heavy atom. The summed E-state index contributed by atoms with van der Waals surface area (Å²) in [5, 5.41) is 12.4. The summed E-state index contributed by atoms with van der Waals surface area (Å²) in [6.45, 7) is 9.15. The Bertz CT molecular complexity index is 809. The molecule has 1 saturated heterocycles. The molecule has 3 heterocycles. The van der Waals surface area contributed by atoms with E-state index in [9.17, 15) is 10.1 Å². The molecule has 2 aromatic rings. The molecule has 0 bridgehead atoms. The first-order valence-corrected chi connectivity index (χ1v) is 9.32. The summed E-state index contributed by atoms with van der Waals surface area (Å²) in [4.78, 5) is 15.0. The second-order valence-electron chi connectivity index (χ2n) is 7.04. The zero-order valence-corrected chi connectivity index (χ0v) is 16.1. The van der Waals surface area contributed by atoms with Crippen LogP contribution in [0.2, 0.25) is 0 Å². The van der Waals surface area contributed by atoms with Crippen molar-refractivity contribution in [3.63, 3.8) is 0 Å². The number of ether oxygens (including phenoxy) is 1. The minimum Gasteiger partial charge on any atom is -0.443 e. The van der Waals surface area contributed by atoms with Crippen LogP contribution in [0.5, 0.6) is 0 Å². The first-order chi connectivity index (χ1) is 13.0. The van der Waals surface area contributed by atoms with Crippen LogP contribution in [-0.4, -0.2) is 53.8 Å². The second kappa shape index (κ2) is 8.42. The number of nitrogens with zero attached hydrogens (tertiary/aromatic N) is 3. The fourth-order valence-corrected chi connectivity index (χ4v) is 3.62. The number of aryl methyl sites for hydroxylation is 1. The van der Waals surface area contributed by atoms with E-state index in [2.05, 4.69) is 30.1 Å². The van der Waals surface area contributed by atoms with Crippen molar-refractivity contribution in [2.24, 2.45) is 0 Å². The van der Waals surface area contributed by atoms with Crippen molar-refractivity contribution in [1.29, 1.82) is 5.26 Å². The van der Waals surface area contributed by atoms with E-state index >= 15 is 0 Å². The van der Waals surface area contributed by atoms with Gasteiger partial charge in [-0.3, -0.25) is 14.3 Å². The zero-order chi connectivity index (χ0) is 19.4. The van der Waals surface area contributed by atoms with E-state index in [1.165, 1.54) is 0 Å². The van der Waals surface area contributed by atoms with Gasteiger partial charge in [-0.1, -0.05) is 0 Å². The number of hydrogen-bond donors (Lipinski definition) is 1. The molecule has 7 nitrogen and oxygen atoms in total. The third kappa shape index (κ3) is 4.41. The Balaban J connectivity index is 1.58. The Morgan fingerprint density at radius 2 is 1.96 bits per heavy atom. The zero-order valence-electron chi connectivity index (χ0n) is 16.1. The van der Waals surface area contributed by atoms with Gasteiger partial charge in [0.25, 0.3) is 5.91 Å². The van der Waals surface area contributed by atoms with Crippen LogP contribution in [0.25, 0.3) is 5.88 Å². The Labute approximate surface area is 159 Å². The first kappa shape index (κ1) is 19.2. The van der Waals surface area contributed by atoms with Gasteiger partial charge < -0.3 is 14.5 Å². The predicted octanol–water partition coefficient (Wildman–Crippen LogP) is 2.48. The van der Waals surface area contributed by atoms with E-state index in [1.807, 2.05) is 12.1 Å². The average molecular weight is 370 g/mol.